The zero-order chi connectivity index (χ0) is 19.0. The molecular formula is C16H21FN2O6. The molecular weight excluding hydrogens is 335 g/mol. The van der Waals surface area contributed by atoms with E-state index in [1.54, 1.807) is 18.2 Å². The lowest BCUT2D eigenvalue weighted by molar-refractivity contribution is -0.159. The van der Waals surface area contributed by atoms with Crippen LogP contribution in [-0.2, 0) is 19.1 Å². The van der Waals surface area contributed by atoms with Crippen molar-refractivity contribution < 1.29 is 33.7 Å². The van der Waals surface area contributed by atoms with Gasteiger partial charge in [0.25, 0.3) is 0 Å². The number of carbonyl (C=O) groups excluding carboxylic acids is 1. The van der Waals surface area contributed by atoms with Crippen molar-refractivity contribution in [1.29, 1.82) is 0 Å². The first kappa shape index (κ1) is 20.5. The molecule has 1 aliphatic heterocycles. The number of hydrogen-bond donors (Lipinski definition) is 3. The molecule has 2 atom stereocenters. The van der Waals surface area contributed by atoms with Gasteiger partial charge in [0.05, 0.1) is 24.4 Å². The van der Waals surface area contributed by atoms with Crippen LogP contribution in [0.15, 0.2) is 24.3 Å². The number of carboxylic acids is 2. The van der Waals surface area contributed by atoms with Gasteiger partial charge in [-0.15, -0.1) is 0 Å². The van der Waals surface area contributed by atoms with Crippen LogP contribution in [0.3, 0.4) is 0 Å². The highest BCUT2D eigenvalue weighted by molar-refractivity contribution is 6.27. The number of morpholine rings is 1. The summed E-state index contributed by atoms with van der Waals surface area (Å²) < 4.78 is 19.0. The van der Waals surface area contributed by atoms with Gasteiger partial charge in [0.2, 0.25) is 5.91 Å². The zero-order valence-electron chi connectivity index (χ0n) is 13.9. The maximum atomic E-state index is 13.4. The van der Waals surface area contributed by atoms with Crippen LogP contribution in [0.5, 0.6) is 0 Å². The number of rotatable bonds is 3. The number of carbonyl (C=O) groups is 3. The largest absolute Gasteiger partial charge is 0.473 e. The fourth-order valence-corrected chi connectivity index (χ4v) is 2.37. The number of nitrogens with one attached hydrogen (secondary N) is 1. The molecule has 0 aliphatic carbocycles. The lowest BCUT2D eigenvalue weighted by atomic mass is 10.2. The van der Waals surface area contributed by atoms with Crippen LogP contribution in [0, 0.1) is 5.82 Å². The quantitative estimate of drug-likeness (QED) is 0.693. The second-order valence-electron chi connectivity index (χ2n) is 5.59. The molecule has 0 spiro atoms. The highest BCUT2D eigenvalue weighted by Gasteiger charge is 2.23. The molecule has 25 heavy (non-hydrogen) atoms. The van der Waals surface area contributed by atoms with E-state index in [1.165, 1.54) is 6.07 Å². The van der Waals surface area contributed by atoms with E-state index in [2.05, 4.69) is 5.32 Å². The molecule has 8 nitrogen and oxygen atoms in total. The predicted molar refractivity (Wildman–Crippen MR) is 86.8 cm³/mol. The molecule has 2 rings (SSSR count). The van der Waals surface area contributed by atoms with Crippen LogP contribution in [0.25, 0.3) is 0 Å². The molecule has 0 radical (unpaired) electrons. The highest BCUT2D eigenvalue weighted by Crippen LogP contribution is 2.13. The van der Waals surface area contributed by atoms with Gasteiger partial charge in [0.1, 0.15) is 5.82 Å². The van der Waals surface area contributed by atoms with Crippen molar-refractivity contribution in [3.63, 3.8) is 0 Å². The van der Waals surface area contributed by atoms with E-state index in [9.17, 15) is 9.18 Å². The van der Waals surface area contributed by atoms with E-state index in [0.717, 1.165) is 13.1 Å². The lowest BCUT2D eigenvalue weighted by Crippen LogP contribution is -2.48. The van der Waals surface area contributed by atoms with Gasteiger partial charge in [-0.2, -0.15) is 0 Å². The Balaban J connectivity index is 0.000000450. The number of benzene rings is 1. The second-order valence-corrected chi connectivity index (χ2v) is 5.59. The van der Waals surface area contributed by atoms with Gasteiger partial charge in [-0.1, -0.05) is 12.1 Å². The van der Waals surface area contributed by atoms with Gasteiger partial charge in [-0.25, -0.2) is 14.0 Å². The lowest BCUT2D eigenvalue weighted by Gasteiger charge is -2.34. The van der Waals surface area contributed by atoms with Crippen molar-refractivity contribution in [1.82, 2.24) is 4.90 Å². The predicted octanol–water partition coefficient (Wildman–Crippen LogP) is 1.03. The van der Waals surface area contributed by atoms with Gasteiger partial charge in [-0.3, -0.25) is 9.69 Å². The summed E-state index contributed by atoms with van der Waals surface area (Å²) in [5.74, 6) is -4.27. The van der Waals surface area contributed by atoms with Crippen molar-refractivity contribution in [2.24, 2.45) is 0 Å². The van der Waals surface area contributed by atoms with Crippen molar-refractivity contribution in [2.75, 3.05) is 25.0 Å². The standard InChI is InChI=1S/C14H19FN2O2.C2H2O4/c1-10-7-17(8-11(2)19-10)9-14(18)16-13-6-4-3-5-12(13)15;3-1(4)2(5)6/h3-6,10-11H,7-9H2,1-2H3,(H,16,18);(H,3,4)(H,5,6). The van der Waals surface area contributed by atoms with Crippen molar-refractivity contribution >= 4 is 23.5 Å². The number of anilines is 1. The van der Waals surface area contributed by atoms with E-state index >= 15 is 0 Å². The first-order chi connectivity index (χ1) is 11.7. The summed E-state index contributed by atoms with van der Waals surface area (Å²) >= 11 is 0. The summed E-state index contributed by atoms with van der Waals surface area (Å²) in [4.78, 5) is 32.1. The van der Waals surface area contributed by atoms with Gasteiger partial charge < -0.3 is 20.3 Å². The fraction of sp³-hybridized carbons (Fsp3) is 0.438. The van der Waals surface area contributed by atoms with Crippen LogP contribution in [0.2, 0.25) is 0 Å². The molecule has 1 saturated heterocycles. The Labute approximate surface area is 144 Å². The Morgan fingerprint density at radius 3 is 2.16 bits per heavy atom. The van der Waals surface area contributed by atoms with Crippen LogP contribution >= 0.6 is 0 Å². The molecule has 1 fully saturated rings. The van der Waals surface area contributed by atoms with Gasteiger partial charge in [0, 0.05) is 13.1 Å². The highest BCUT2D eigenvalue weighted by atomic mass is 19.1. The minimum absolute atomic E-state index is 0.116. The number of amides is 1. The minimum Gasteiger partial charge on any atom is -0.473 e. The fourth-order valence-electron chi connectivity index (χ4n) is 2.37. The van der Waals surface area contributed by atoms with E-state index in [0.29, 0.717) is 0 Å². The Bertz CT molecular complexity index is 602. The van der Waals surface area contributed by atoms with E-state index in [4.69, 9.17) is 24.5 Å². The summed E-state index contributed by atoms with van der Waals surface area (Å²) in [5.41, 5.74) is 0.224. The van der Waals surface area contributed by atoms with Crippen molar-refractivity contribution in [2.45, 2.75) is 26.1 Å². The Hall–Kier alpha value is -2.52. The molecule has 1 aromatic rings. The summed E-state index contributed by atoms with van der Waals surface area (Å²) in [6.45, 7) is 5.66. The van der Waals surface area contributed by atoms with Crippen molar-refractivity contribution in [3.05, 3.63) is 30.1 Å². The average Bonchev–Trinajstić information content (AvgIpc) is 2.49. The molecule has 0 bridgehead atoms. The number of ether oxygens (including phenoxy) is 1. The van der Waals surface area contributed by atoms with Gasteiger partial charge >= 0.3 is 11.9 Å². The third kappa shape index (κ3) is 7.73. The zero-order valence-corrected chi connectivity index (χ0v) is 13.9. The van der Waals surface area contributed by atoms with Crippen LogP contribution < -0.4 is 5.32 Å². The smallest absolute Gasteiger partial charge is 0.414 e. The second kappa shape index (κ2) is 9.70. The molecule has 1 aliphatic rings. The summed E-state index contributed by atoms with van der Waals surface area (Å²) in [5, 5.41) is 17.4. The van der Waals surface area contributed by atoms with E-state index in [-0.39, 0.29) is 30.3 Å². The van der Waals surface area contributed by atoms with E-state index < -0.39 is 17.8 Å². The third-order valence-electron chi connectivity index (χ3n) is 3.19. The maximum absolute atomic E-state index is 13.4. The van der Waals surface area contributed by atoms with Crippen LogP contribution in [-0.4, -0.2) is 64.8 Å². The molecule has 3 N–H and O–H groups in total. The normalized spacial score (nSPS) is 20.1. The SMILES string of the molecule is CC1CN(CC(=O)Nc2ccccc2F)CC(C)O1.O=C(O)C(=O)O. The molecule has 1 aromatic carbocycles. The third-order valence-corrected chi connectivity index (χ3v) is 3.19. The number of para-hydroxylation sites is 1. The molecule has 1 amide bonds. The minimum atomic E-state index is -1.82. The number of carboxylic acid groups (broad SMARTS) is 2. The number of aliphatic carboxylic acids is 2. The molecule has 0 saturated carbocycles. The molecule has 1 heterocycles. The van der Waals surface area contributed by atoms with E-state index in [1.807, 2.05) is 18.7 Å². The first-order valence-corrected chi connectivity index (χ1v) is 7.57. The monoisotopic (exact) mass is 356 g/mol. The van der Waals surface area contributed by atoms with Crippen LogP contribution in [0.4, 0.5) is 10.1 Å². The summed E-state index contributed by atoms with van der Waals surface area (Å²) in [6, 6.07) is 6.17. The number of nitrogens with zero attached hydrogens (tertiary/aromatic N) is 1. The molecule has 0 aromatic heterocycles. The summed E-state index contributed by atoms with van der Waals surface area (Å²) in [6.07, 6.45) is 0.232. The Morgan fingerprint density at radius 1 is 1.16 bits per heavy atom. The van der Waals surface area contributed by atoms with Crippen LogP contribution in [0.1, 0.15) is 13.8 Å². The Morgan fingerprint density at radius 2 is 1.68 bits per heavy atom. The first-order valence-electron chi connectivity index (χ1n) is 7.57. The topological polar surface area (TPSA) is 116 Å². The number of hydrogen-bond acceptors (Lipinski definition) is 5. The molecule has 138 valence electrons. The maximum Gasteiger partial charge on any atom is 0.414 e. The van der Waals surface area contributed by atoms with Gasteiger partial charge in [0.15, 0.2) is 0 Å². The average molecular weight is 356 g/mol. The number of halogens is 1. The van der Waals surface area contributed by atoms with Gasteiger partial charge in [-0.05, 0) is 26.0 Å². The molecule has 9 heteroatoms. The summed E-state index contributed by atoms with van der Waals surface area (Å²) in [7, 11) is 0. The van der Waals surface area contributed by atoms with Crippen molar-refractivity contribution in [3.8, 4) is 0 Å². The molecule has 2 unspecified atom stereocenters. The Kier molecular flexibility index (Phi) is 7.96.